The van der Waals surface area contributed by atoms with Crippen LogP contribution in [-0.2, 0) is 14.8 Å². The Kier molecular flexibility index (Phi) is 7.59. The van der Waals surface area contributed by atoms with Gasteiger partial charge in [-0.05, 0) is 55.0 Å². The minimum Gasteiger partial charge on any atom is -0.465 e. The second-order valence-corrected chi connectivity index (χ2v) is 9.84. The summed E-state index contributed by atoms with van der Waals surface area (Å²) in [7, 11) is -3.51. The number of hydrazone groups is 1. The van der Waals surface area contributed by atoms with Crippen LogP contribution in [-0.4, -0.2) is 57.6 Å². The summed E-state index contributed by atoms with van der Waals surface area (Å²) in [6.45, 7) is 3.96. The van der Waals surface area contributed by atoms with Crippen LogP contribution in [0.5, 0.6) is 0 Å². The van der Waals surface area contributed by atoms with Gasteiger partial charge >= 0.3 is 0 Å². The molecule has 2 N–H and O–H groups in total. The van der Waals surface area contributed by atoms with Gasteiger partial charge < -0.3 is 9.32 Å². The molecule has 2 heterocycles. The van der Waals surface area contributed by atoms with Gasteiger partial charge in [0.1, 0.15) is 5.76 Å². The third-order valence-corrected chi connectivity index (χ3v) is 7.10. The van der Waals surface area contributed by atoms with Crippen molar-refractivity contribution in [3.05, 3.63) is 58.5 Å². The van der Waals surface area contributed by atoms with Gasteiger partial charge in [0.2, 0.25) is 10.0 Å². The summed E-state index contributed by atoms with van der Waals surface area (Å²) < 4.78 is 33.0. The van der Waals surface area contributed by atoms with Gasteiger partial charge in [0.25, 0.3) is 5.91 Å². The molecular formula is C20H24BrN4O4S+. The summed E-state index contributed by atoms with van der Waals surface area (Å²) in [5.41, 5.74) is 3.35. The zero-order chi connectivity index (χ0) is 21.6. The van der Waals surface area contributed by atoms with Crippen molar-refractivity contribution in [2.75, 3.05) is 32.7 Å². The molecule has 2 aromatic rings. The van der Waals surface area contributed by atoms with Gasteiger partial charge in [-0.25, -0.2) is 13.8 Å². The highest BCUT2D eigenvalue weighted by Gasteiger charge is 2.31. The molecule has 1 fully saturated rings. The van der Waals surface area contributed by atoms with E-state index in [1.807, 2.05) is 19.1 Å². The van der Waals surface area contributed by atoms with E-state index in [1.165, 1.54) is 4.31 Å². The van der Waals surface area contributed by atoms with E-state index < -0.39 is 10.0 Å². The molecule has 160 valence electrons. The van der Waals surface area contributed by atoms with Crippen molar-refractivity contribution in [1.29, 1.82) is 0 Å². The number of piperazine rings is 1. The Morgan fingerprint density at radius 3 is 2.60 bits per heavy atom. The summed E-state index contributed by atoms with van der Waals surface area (Å²) >= 11 is 3.31. The van der Waals surface area contributed by atoms with Gasteiger partial charge in [0, 0.05) is 4.47 Å². The van der Waals surface area contributed by atoms with E-state index in [2.05, 4.69) is 26.5 Å². The highest BCUT2D eigenvalue weighted by Crippen LogP contribution is 2.18. The number of nitrogens with one attached hydrogen (secondary N) is 2. The number of quaternary nitrogens is 1. The normalized spacial score (nSPS) is 16.8. The average Bonchev–Trinajstić information content (AvgIpc) is 3.21. The van der Waals surface area contributed by atoms with Crippen LogP contribution in [0, 0.1) is 0 Å². The van der Waals surface area contributed by atoms with Crippen LogP contribution in [0.3, 0.4) is 0 Å². The number of carbonyl (C=O) groups is 1. The maximum atomic E-state index is 12.7. The lowest BCUT2D eigenvalue weighted by atomic mass is 10.3. The minimum absolute atomic E-state index is 0.212. The van der Waals surface area contributed by atoms with Gasteiger partial charge in [-0.3, -0.25) is 4.79 Å². The first kappa shape index (κ1) is 22.4. The van der Waals surface area contributed by atoms with Crippen LogP contribution in [0.1, 0.15) is 12.7 Å². The molecule has 0 saturated carbocycles. The summed E-state index contributed by atoms with van der Waals surface area (Å²) in [5, 5.41) is 3.96. The number of hydrogen-bond donors (Lipinski definition) is 2. The van der Waals surface area contributed by atoms with E-state index in [0.717, 1.165) is 14.9 Å². The Balaban J connectivity index is 1.45. The molecule has 8 nitrogen and oxygen atoms in total. The van der Waals surface area contributed by atoms with Crippen molar-refractivity contribution >= 4 is 44.2 Å². The van der Waals surface area contributed by atoms with Gasteiger partial charge in [0.05, 0.1) is 43.6 Å². The molecule has 30 heavy (non-hydrogen) atoms. The lowest BCUT2D eigenvalue weighted by molar-refractivity contribution is -0.895. The van der Waals surface area contributed by atoms with Crippen molar-refractivity contribution in [2.45, 2.75) is 11.8 Å². The first-order chi connectivity index (χ1) is 14.3. The molecule has 10 heteroatoms. The lowest BCUT2D eigenvalue weighted by Gasteiger charge is -2.31. The molecule has 0 bridgehead atoms. The highest BCUT2D eigenvalue weighted by atomic mass is 79.9. The Morgan fingerprint density at radius 2 is 1.97 bits per heavy atom. The molecule has 3 rings (SSSR count). The van der Waals surface area contributed by atoms with Crippen LogP contribution in [0.15, 0.2) is 67.1 Å². The number of amides is 1. The zero-order valence-electron chi connectivity index (χ0n) is 16.5. The Labute approximate surface area is 184 Å². The molecule has 1 saturated heterocycles. The number of carbonyl (C=O) groups excluding carboxylic acids is 1. The molecular weight excluding hydrogens is 472 g/mol. The average molecular weight is 496 g/mol. The van der Waals surface area contributed by atoms with E-state index in [-0.39, 0.29) is 17.3 Å². The van der Waals surface area contributed by atoms with E-state index in [0.29, 0.717) is 31.9 Å². The lowest BCUT2D eigenvalue weighted by Crippen LogP contribution is -3.15. The van der Waals surface area contributed by atoms with E-state index >= 15 is 0 Å². The molecule has 0 radical (unpaired) electrons. The first-order valence-electron chi connectivity index (χ1n) is 9.47. The van der Waals surface area contributed by atoms with Gasteiger partial charge in [0.15, 0.2) is 6.54 Å². The number of halogens is 1. The smallest absolute Gasteiger partial charge is 0.295 e. The highest BCUT2D eigenvalue weighted by molar-refractivity contribution is 9.10. The van der Waals surface area contributed by atoms with Crippen molar-refractivity contribution in [3.8, 4) is 0 Å². The summed E-state index contributed by atoms with van der Waals surface area (Å²) in [6.07, 6.45) is 4.95. The standard InChI is InChI=1S/C20H23BrN4O4S/c1-16(13-18-3-2-12-29-18)14-22-23-20(26)15-24-8-10-25(11-9-24)30(27,28)19-6-4-17(21)5-7-19/h2-7,12-14H,8-11,15H2,1H3,(H,23,26)/p+1/b16-13+,22-14-. The molecule has 1 aromatic carbocycles. The monoisotopic (exact) mass is 495 g/mol. The molecule has 0 spiro atoms. The van der Waals surface area contributed by atoms with Gasteiger partial charge in [-0.1, -0.05) is 15.9 Å². The van der Waals surface area contributed by atoms with E-state index in [4.69, 9.17) is 4.42 Å². The van der Waals surface area contributed by atoms with Crippen molar-refractivity contribution in [2.24, 2.45) is 5.10 Å². The SMILES string of the molecule is CC(/C=N\NC(=O)C[NH+]1CCN(S(=O)(=O)c2ccc(Br)cc2)CC1)=C\c1ccco1. The fourth-order valence-corrected chi connectivity index (χ4v) is 4.79. The second kappa shape index (κ2) is 10.2. The van der Waals surface area contributed by atoms with Crippen molar-refractivity contribution in [1.82, 2.24) is 9.73 Å². The number of nitrogens with zero attached hydrogens (tertiary/aromatic N) is 2. The molecule has 0 unspecified atom stereocenters. The Hall–Kier alpha value is -2.27. The van der Waals surface area contributed by atoms with Crippen LogP contribution >= 0.6 is 15.9 Å². The Morgan fingerprint density at radius 1 is 1.27 bits per heavy atom. The zero-order valence-corrected chi connectivity index (χ0v) is 18.9. The fraction of sp³-hybridized carbons (Fsp3) is 0.300. The van der Waals surface area contributed by atoms with Crippen LogP contribution < -0.4 is 10.3 Å². The predicted molar refractivity (Wildman–Crippen MR) is 117 cm³/mol. The van der Waals surface area contributed by atoms with Crippen LogP contribution in [0.4, 0.5) is 0 Å². The first-order valence-corrected chi connectivity index (χ1v) is 11.7. The second-order valence-electron chi connectivity index (χ2n) is 6.98. The van der Waals surface area contributed by atoms with Gasteiger partial charge in [-0.2, -0.15) is 9.41 Å². The van der Waals surface area contributed by atoms with Crippen molar-refractivity contribution < 1.29 is 22.5 Å². The summed E-state index contributed by atoms with van der Waals surface area (Å²) in [4.78, 5) is 13.4. The summed E-state index contributed by atoms with van der Waals surface area (Å²) in [5.74, 6) is 0.502. The summed E-state index contributed by atoms with van der Waals surface area (Å²) in [6, 6.07) is 10.2. The molecule has 0 atom stereocenters. The molecule has 1 aliphatic rings. The van der Waals surface area contributed by atoms with Crippen LogP contribution in [0.25, 0.3) is 6.08 Å². The van der Waals surface area contributed by atoms with E-state index in [1.54, 1.807) is 42.8 Å². The minimum atomic E-state index is -3.51. The third-order valence-electron chi connectivity index (χ3n) is 4.66. The number of allylic oxidation sites excluding steroid dienone is 1. The van der Waals surface area contributed by atoms with Gasteiger partial charge in [-0.15, -0.1) is 0 Å². The molecule has 1 aliphatic heterocycles. The van der Waals surface area contributed by atoms with E-state index in [9.17, 15) is 13.2 Å². The molecule has 1 amide bonds. The third kappa shape index (κ3) is 6.11. The largest absolute Gasteiger partial charge is 0.465 e. The molecule has 0 aliphatic carbocycles. The fourth-order valence-electron chi connectivity index (χ4n) is 3.08. The number of sulfonamides is 1. The number of furan rings is 1. The predicted octanol–water partition coefficient (Wildman–Crippen LogP) is 1.14. The quantitative estimate of drug-likeness (QED) is 0.444. The number of benzene rings is 1. The van der Waals surface area contributed by atoms with Crippen LogP contribution in [0.2, 0.25) is 0 Å². The number of rotatable bonds is 7. The maximum absolute atomic E-state index is 12.7. The van der Waals surface area contributed by atoms with Crippen molar-refractivity contribution in [3.63, 3.8) is 0 Å². The number of hydrogen-bond acceptors (Lipinski definition) is 5. The maximum Gasteiger partial charge on any atom is 0.295 e. The molecule has 1 aromatic heterocycles. The topological polar surface area (TPSA) is 96.4 Å². The Bertz CT molecular complexity index is 1010.